The van der Waals surface area contributed by atoms with Crippen LogP contribution >= 0.6 is 0 Å². The van der Waals surface area contributed by atoms with Crippen LogP contribution in [0.1, 0.15) is 42.4 Å². The van der Waals surface area contributed by atoms with Crippen molar-refractivity contribution < 1.29 is 14.6 Å². The number of hydrogen-bond acceptors (Lipinski definition) is 3. The van der Waals surface area contributed by atoms with Gasteiger partial charge >= 0.3 is 5.97 Å². The van der Waals surface area contributed by atoms with E-state index in [1.807, 2.05) is 45.9 Å². The lowest BCUT2D eigenvalue weighted by Gasteiger charge is -2.22. The summed E-state index contributed by atoms with van der Waals surface area (Å²) in [6, 6.07) is 5.74. The van der Waals surface area contributed by atoms with Crippen LogP contribution in [0.4, 0.5) is 0 Å². The van der Waals surface area contributed by atoms with Gasteiger partial charge in [0.1, 0.15) is 17.0 Å². The van der Waals surface area contributed by atoms with Crippen LogP contribution in [-0.4, -0.2) is 28.0 Å². The molecule has 5 nitrogen and oxygen atoms in total. The molecule has 0 saturated heterocycles. The number of carboxylic acids is 1. The second-order valence-corrected chi connectivity index (χ2v) is 6.05. The normalized spacial score (nSPS) is 11.5. The van der Waals surface area contributed by atoms with Gasteiger partial charge in [-0.05, 0) is 24.6 Å². The first-order valence-electron chi connectivity index (χ1n) is 6.72. The summed E-state index contributed by atoms with van der Waals surface area (Å²) >= 11 is 0. The molecule has 0 aliphatic carbocycles. The van der Waals surface area contributed by atoms with Crippen LogP contribution in [0.15, 0.2) is 24.4 Å². The molecule has 0 bridgehead atoms. The number of benzene rings is 1. The van der Waals surface area contributed by atoms with E-state index in [9.17, 15) is 9.90 Å². The number of aromatic carboxylic acids is 1. The third kappa shape index (κ3) is 2.77. The highest BCUT2D eigenvalue weighted by Crippen LogP contribution is 2.32. The van der Waals surface area contributed by atoms with Gasteiger partial charge in [-0.15, -0.1) is 0 Å². The lowest BCUT2D eigenvalue weighted by atomic mass is 9.89. The minimum absolute atomic E-state index is 0.214. The monoisotopic (exact) mass is 288 g/mol. The maximum absolute atomic E-state index is 11.4. The number of methoxy groups -OCH3 is 1. The van der Waals surface area contributed by atoms with Gasteiger partial charge in [0.05, 0.1) is 19.0 Å². The molecule has 112 valence electrons. The van der Waals surface area contributed by atoms with Crippen molar-refractivity contribution in [1.82, 2.24) is 9.78 Å². The summed E-state index contributed by atoms with van der Waals surface area (Å²) in [5.74, 6) is -0.316. The van der Waals surface area contributed by atoms with E-state index >= 15 is 0 Å². The number of rotatable bonds is 3. The fraction of sp³-hybridized carbons (Fsp3) is 0.375. The van der Waals surface area contributed by atoms with Crippen molar-refractivity contribution in [2.75, 3.05) is 7.11 Å². The Balaban J connectivity index is 2.76. The molecule has 0 fully saturated rings. The molecule has 0 atom stereocenters. The molecule has 0 saturated carbocycles. The Morgan fingerprint density at radius 3 is 2.52 bits per heavy atom. The SMILES string of the molecule is COc1ccc(C)cc1-n1ncc(C(=O)O)c1C(C)(C)C. The molecule has 1 aromatic carbocycles. The summed E-state index contributed by atoms with van der Waals surface area (Å²) in [7, 11) is 1.59. The highest BCUT2D eigenvalue weighted by atomic mass is 16.5. The van der Waals surface area contributed by atoms with Crippen molar-refractivity contribution in [3.63, 3.8) is 0 Å². The second-order valence-electron chi connectivity index (χ2n) is 6.05. The molecule has 0 aliphatic rings. The first-order valence-corrected chi connectivity index (χ1v) is 6.72. The van der Waals surface area contributed by atoms with Gasteiger partial charge in [0.15, 0.2) is 0 Å². The Bertz CT molecular complexity index is 681. The summed E-state index contributed by atoms with van der Waals surface area (Å²) in [6.07, 6.45) is 1.39. The zero-order chi connectivity index (χ0) is 15.8. The Morgan fingerprint density at radius 2 is 2.00 bits per heavy atom. The lowest BCUT2D eigenvalue weighted by Crippen LogP contribution is -2.21. The van der Waals surface area contributed by atoms with Crippen molar-refractivity contribution in [2.45, 2.75) is 33.1 Å². The van der Waals surface area contributed by atoms with E-state index in [0.29, 0.717) is 11.4 Å². The molecule has 2 aromatic rings. The first-order chi connectivity index (χ1) is 9.75. The van der Waals surface area contributed by atoms with Crippen LogP contribution in [0.5, 0.6) is 5.75 Å². The summed E-state index contributed by atoms with van der Waals surface area (Å²) in [4.78, 5) is 11.4. The Hall–Kier alpha value is -2.30. The molecule has 0 spiro atoms. The van der Waals surface area contributed by atoms with Gasteiger partial charge in [0.25, 0.3) is 0 Å². The van der Waals surface area contributed by atoms with E-state index < -0.39 is 5.97 Å². The van der Waals surface area contributed by atoms with E-state index in [1.54, 1.807) is 11.8 Å². The minimum atomic E-state index is -0.974. The van der Waals surface area contributed by atoms with Gasteiger partial charge in [-0.25, -0.2) is 9.48 Å². The van der Waals surface area contributed by atoms with Crippen molar-refractivity contribution in [1.29, 1.82) is 0 Å². The Morgan fingerprint density at radius 1 is 1.33 bits per heavy atom. The quantitative estimate of drug-likeness (QED) is 0.942. The van der Waals surface area contributed by atoms with Gasteiger partial charge in [-0.3, -0.25) is 0 Å². The third-order valence-corrected chi connectivity index (χ3v) is 3.27. The molecular formula is C16H20N2O3. The topological polar surface area (TPSA) is 64.4 Å². The molecule has 5 heteroatoms. The van der Waals surface area contributed by atoms with E-state index in [0.717, 1.165) is 11.3 Å². The molecule has 0 amide bonds. The molecule has 21 heavy (non-hydrogen) atoms. The molecule has 1 N–H and O–H groups in total. The van der Waals surface area contributed by atoms with Crippen molar-refractivity contribution in [2.24, 2.45) is 0 Å². The van der Waals surface area contributed by atoms with Crippen LogP contribution < -0.4 is 4.74 Å². The lowest BCUT2D eigenvalue weighted by molar-refractivity contribution is 0.0694. The minimum Gasteiger partial charge on any atom is -0.494 e. The maximum atomic E-state index is 11.4. The number of hydrogen-bond donors (Lipinski definition) is 1. The van der Waals surface area contributed by atoms with E-state index in [2.05, 4.69) is 5.10 Å². The molecule has 1 heterocycles. The fourth-order valence-electron chi connectivity index (χ4n) is 2.37. The van der Waals surface area contributed by atoms with Crippen LogP contribution in [-0.2, 0) is 5.41 Å². The smallest absolute Gasteiger partial charge is 0.339 e. The summed E-state index contributed by atoms with van der Waals surface area (Å²) in [6.45, 7) is 7.88. The summed E-state index contributed by atoms with van der Waals surface area (Å²) < 4.78 is 7.05. The standard InChI is InChI=1S/C16H20N2O3/c1-10-6-7-13(21-5)12(8-10)18-14(16(2,3)4)11(9-17-18)15(19)20/h6-9H,1-5H3,(H,19,20). The van der Waals surface area contributed by atoms with Gasteiger partial charge in [-0.2, -0.15) is 5.10 Å². The number of nitrogens with zero attached hydrogens (tertiary/aromatic N) is 2. The van der Waals surface area contributed by atoms with Crippen molar-refractivity contribution in [3.8, 4) is 11.4 Å². The molecule has 0 unspecified atom stereocenters. The average Bonchev–Trinajstić information content (AvgIpc) is 2.83. The van der Waals surface area contributed by atoms with Crippen LogP contribution in [0.25, 0.3) is 5.69 Å². The molecule has 1 aromatic heterocycles. The fourth-order valence-corrected chi connectivity index (χ4v) is 2.37. The molecule has 2 rings (SSSR count). The zero-order valence-electron chi connectivity index (χ0n) is 13.0. The highest BCUT2D eigenvalue weighted by Gasteiger charge is 2.28. The molecule has 0 radical (unpaired) electrons. The Labute approximate surface area is 124 Å². The number of carboxylic acid groups (broad SMARTS) is 1. The van der Waals surface area contributed by atoms with Gasteiger partial charge in [0, 0.05) is 5.41 Å². The average molecular weight is 288 g/mol. The first kappa shape index (κ1) is 15.1. The van der Waals surface area contributed by atoms with Crippen LogP contribution in [0.2, 0.25) is 0 Å². The molecular weight excluding hydrogens is 268 g/mol. The summed E-state index contributed by atoms with van der Waals surface area (Å²) in [5.41, 5.74) is 2.30. The van der Waals surface area contributed by atoms with E-state index in [-0.39, 0.29) is 11.0 Å². The number of aromatic nitrogens is 2. The van der Waals surface area contributed by atoms with Gasteiger partial charge in [-0.1, -0.05) is 26.8 Å². The second kappa shape index (κ2) is 5.24. The van der Waals surface area contributed by atoms with E-state index in [4.69, 9.17) is 4.74 Å². The van der Waals surface area contributed by atoms with Crippen molar-refractivity contribution >= 4 is 5.97 Å². The predicted octanol–water partition coefficient (Wildman–Crippen LogP) is 3.19. The van der Waals surface area contributed by atoms with Crippen LogP contribution in [0, 0.1) is 6.92 Å². The maximum Gasteiger partial charge on any atom is 0.339 e. The molecule has 0 aliphatic heterocycles. The number of aryl methyl sites for hydroxylation is 1. The Kier molecular flexibility index (Phi) is 3.77. The van der Waals surface area contributed by atoms with Crippen LogP contribution in [0.3, 0.4) is 0 Å². The zero-order valence-corrected chi connectivity index (χ0v) is 13.0. The van der Waals surface area contributed by atoms with Gasteiger partial charge < -0.3 is 9.84 Å². The third-order valence-electron chi connectivity index (χ3n) is 3.27. The summed E-state index contributed by atoms with van der Waals surface area (Å²) in [5, 5.41) is 13.7. The number of ether oxygens (including phenoxy) is 1. The van der Waals surface area contributed by atoms with Crippen molar-refractivity contribution in [3.05, 3.63) is 41.2 Å². The van der Waals surface area contributed by atoms with E-state index in [1.165, 1.54) is 6.20 Å². The van der Waals surface area contributed by atoms with Gasteiger partial charge in [0.2, 0.25) is 0 Å². The highest BCUT2D eigenvalue weighted by molar-refractivity contribution is 5.89. The number of carbonyl (C=O) groups is 1. The predicted molar refractivity (Wildman–Crippen MR) is 80.5 cm³/mol. The largest absolute Gasteiger partial charge is 0.494 e.